The Morgan fingerprint density at radius 1 is 1.64 bits per heavy atom. The lowest BCUT2D eigenvalue weighted by Crippen LogP contribution is -2.52. The van der Waals surface area contributed by atoms with E-state index in [1.54, 1.807) is 7.11 Å². The first kappa shape index (κ1) is 11.9. The van der Waals surface area contributed by atoms with Crippen LogP contribution in [0.5, 0.6) is 0 Å². The topological polar surface area (TPSA) is 58.7 Å². The van der Waals surface area contributed by atoms with E-state index >= 15 is 0 Å². The number of aliphatic hydroxyl groups is 1. The number of ether oxygens (including phenoxy) is 1. The molecule has 0 aromatic carbocycles. The molecular formula is C10H22N2O2. The highest BCUT2D eigenvalue weighted by Gasteiger charge is 2.29. The fourth-order valence-electron chi connectivity index (χ4n) is 2.04. The summed E-state index contributed by atoms with van der Waals surface area (Å²) in [4.78, 5) is 2.23. The quantitative estimate of drug-likeness (QED) is 0.655. The fraction of sp³-hybridized carbons (Fsp3) is 1.00. The molecule has 0 spiro atoms. The van der Waals surface area contributed by atoms with Crippen LogP contribution in [0.2, 0.25) is 0 Å². The molecule has 1 fully saturated rings. The number of methoxy groups -OCH3 is 1. The maximum atomic E-state index is 9.14. The summed E-state index contributed by atoms with van der Waals surface area (Å²) in [5.41, 5.74) is 5.59. The minimum Gasteiger partial charge on any atom is -0.395 e. The summed E-state index contributed by atoms with van der Waals surface area (Å²) in [5.74, 6) is 0.605. The van der Waals surface area contributed by atoms with Crippen LogP contribution in [0.25, 0.3) is 0 Å². The summed E-state index contributed by atoms with van der Waals surface area (Å²) < 4.78 is 5.41. The molecule has 1 aliphatic rings. The van der Waals surface area contributed by atoms with Crippen LogP contribution in [0.1, 0.15) is 13.3 Å². The molecule has 4 heteroatoms. The van der Waals surface area contributed by atoms with Gasteiger partial charge in [0, 0.05) is 26.2 Å². The van der Waals surface area contributed by atoms with Gasteiger partial charge in [0.1, 0.15) is 0 Å². The smallest absolute Gasteiger partial charge is 0.0724 e. The van der Waals surface area contributed by atoms with Crippen molar-refractivity contribution >= 4 is 0 Å². The summed E-state index contributed by atoms with van der Waals surface area (Å²) in [5, 5.41) is 9.14. The third-order valence-electron chi connectivity index (χ3n) is 3.22. The van der Waals surface area contributed by atoms with Crippen LogP contribution in [-0.2, 0) is 4.74 Å². The van der Waals surface area contributed by atoms with Gasteiger partial charge in [-0.2, -0.15) is 0 Å². The molecule has 0 saturated carbocycles. The average Bonchev–Trinajstić information content (AvgIpc) is 2.22. The SMILES string of the molecule is COC1CN(C(CN)CO)CCC1C. The van der Waals surface area contributed by atoms with Crippen molar-refractivity contribution in [2.75, 3.05) is 33.4 Å². The van der Waals surface area contributed by atoms with Crippen LogP contribution < -0.4 is 5.73 Å². The number of aliphatic hydroxyl groups excluding tert-OH is 1. The Morgan fingerprint density at radius 3 is 2.86 bits per heavy atom. The second-order valence-corrected chi connectivity index (χ2v) is 4.11. The lowest BCUT2D eigenvalue weighted by molar-refractivity contribution is -0.0254. The highest BCUT2D eigenvalue weighted by molar-refractivity contribution is 4.83. The van der Waals surface area contributed by atoms with Crippen molar-refractivity contribution in [1.29, 1.82) is 0 Å². The van der Waals surface area contributed by atoms with E-state index in [1.165, 1.54) is 0 Å². The molecule has 4 nitrogen and oxygen atoms in total. The molecule has 0 aromatic heterocycles. The molecule has 3 atom stereocenters. The van der Waals surface area contributed by atoms with Crippen molar-refractivity contribution in [3.63, 3.8) is 0 Å². The van der Waals surface area contributed by atoms with Crippen LogP contribution >= 0.6 is 0 Å². The molecule has 14 heavy (non-hydrogen) atoms. The highest BCUT2D eigenvalue weighted by atomic mass is 16.5. The zero-order valence-electron chi connectivity index (χ0n) is 9.15. The molecular weight excluding hydrogens is 180 g/mol. The normalized spacial score (nSPS) is 31.7. The predicted molar refractivity (Wildman–Crippen MR) is 56.1 cm³/mol. The van der Waals surface area contributed by atoms with Crippen molar-refractivity contribution in [3.8, 4) is 0 Å². The Balaban J connectivity index is 2.48. The first-order valence-electron chi connectivity index (χ1n) is 5.30. The number of hydrogen-bond donors (Lipinski definition) is 2. The Labute approximate surface area is 86.0 Å². The standard InChI is InChI=1S/C10H22N2O2/c1-8-3-4-12(6-10(8)14-2)9(5-11)7-13/h8-10,13H,3-7,11H2,1-2H3. The van der Waals surface area contributed by atoms with E-state index < -0.39 is 0 Å². The van der Waals surface area contributed by atoms with Crippen LogP contribution in [0.4, 0.5) is 0 Å². The van der Waals surface area contributed by atoms with Crippen LogP contribution in [0.15, 0.2) is 0 Å². The Kier molecular flexibility index (Phi) is 4.81. The third kappa shape index (κ3) is 2.67. The molecule has 0 radical (unpaired) electrons. The maximum Gasteiger partial charge on any atom is 0.0724 e. The molecule has 0 bridgehead atoms. The van der Waals surface area contributed by atoms with E-state index in [2.05, 4.69) is 11.8 Å². The largest absolute Gasteiger partial charge is 0.395 e. The minimum absolute atomic E-state index is 0.0974. The summed E-state index contributed by atoms with van der Waals surface area (Å²) in [6, 6.07) is 0.0974. The van der Waals surface area contributed by atoms with Crippen molar-refractivity contribution in [3.05, 3.63) is 0 Å². The number of nitrogens with zero attached hydrogens (tertiary/aromatic N) is 1. The molecule has 0 aromatic rings. The molecule has 1 heterocycles. The van der Waals surface area contributed by atoms with Gasteiger partial charge in [0.15, 0.2) is 0 Å². The second kappa shape index (κ2) is 5.66. The van der Waals surface area contributed by atoms with E-state index in [4.69, 9.17) is 15.6 Å². The molecule has 84 valence electrons. The lowest BCUT2D eigenvalue weighted by atomic mass is 9.95. The summed E-state index contributed by atoms with van der Waals surface area (Å²) in [7, 11) is 1.75. The van der Waals surface area contributed by atoms with Crippen LogP contribution in [0, 0.1) is 5.92 Å². The Morgan fingerprint density at radius 2 is 2.36 bits per heavy atom. The third-order valence-corrected chi connectivity index (χ3v) is 3.22. The number of rotatable bonds is 4. The van der Waals surface area contributed by atoms with Gasteiger partial charge in [0.2, 0.25) is 0 Å². The van der Waals surface area contributed by atoms with Gasteiger partial charge in [-0.25, -0.2) is 0 Å². The first-order chi connectivity index (χ1) is 6.72. The van der Waals surface area contributed by atoms with E-state index in [0.717, 1.165) is 19.5 Å². The number of hydrogen-bond acceptors (Lipinski definition) is 4. The first-order valence-corrected chi connectivity index (χ1v) is 5.30. The summed E-state index contributed by atoms with van der Waals surface area (Å²) in [6.45, 7) is 4.77. The van der Waals surface area contributed by atoms with E-state index in [1.807, 2.05) is 0 Å². The number of likely N-dealkylation sites (tertiary alicyclic amines) is 1. The monoisotopic (exact) mass is 202 g/mol. The molecule has 0 amide bonds. The molecule has 3 unspecified atom stereocenters. The molecule has 0 aliphatic carbocycles. The van der Waals surface area contributed by atoms with Gasteiger partial charge in [0.25, 0.3) is 0 Å². The lowest BCUT2D eigenvalue weighted by Gasteiger charge is -2.39. The molecule has 3 N–H and O–H groups in total. The number of nitrogens with two attached hydrogens (primary N) is 1. The van der Waals surface area contributed by atoms with Gasteiger partial charge in [-0.3, -0.25) is 4.90 Å². The fourth-order valence-corrected chi connectivity index (χ4v) is 2.04. The number of piperidine rings is 1. The van der Waals surface area contributed by atoms with Gasteiger partial charge in [-0.1, -0.05) is 6.92 Å². The second-order valence-electron chi connectivity index (χ2n) is 4.11. The molecule has 1 rings (SSSR count). The van der Waals surface area contributed by atoms with E-state index in [9.17, 15) is 0 Å². The van der Waals surface area contributed by atoms with Gasteiger partial charge in [0.05, 0.1) is 12.7 Å². The maximum absolute atomic E-state index is 9.14. The average molecular weight is 202 g/mol. The predicted octanol–water partition coefficient (Wildman–Crippen LogP) is -0.337. The zero-order chi connectivity index (χ0) is 10.6. The van der Waals surface area contributed by atoms with Crippen molar-refractivity contribution in [2.45, 2.75) is 25.5 Å². The van der Waals surface area contributed by atoms with Crippen LogP contribution in [0.3, 0.4) is 0 Å². The summed E-state index contributed by atoms with van der Waals surface area (Å²) in [6.07, 6.45) is 1.40. The zero-order valence-corrected chi connectivity index (χ0v) is 9.15. The van der Waals surface area contributed by atoms with E-state index in [-0.39, 0.29) is 18.8 Å². The summed E-state index contributed by atoms with van der Waals surface area (Å²) >= 11 is 0. The van der Waals surface area contributed by atoms with Gasteiger partial charge >= 0.3 is 0 Å². The minimum atomic E-state index is 0.0974. The Hall–Kier alpha value is -0.160. The highest BCUT2D eigenvalue weighted by Crippen LogP contribution is 2.20. The molecule has 1 saturated heterocycles. The van der Waals surface area contributed by atoms with Crippen LogP contribution in [-0.4, -0.2) is 55.5 Å². The van der Waals surface area contributed by atoms with Gasteiger partial charge in [-0.05, 0) is 18.9 Å². The van der Waals surface area contributed by atoms with Crippen molar-refractivity contribution in [2.24, 2.45) is 11.7 Å². The van der Waals surface area contributed by atoms with Gasteiger partial charge in [-0.15, -0.1) is 0 Å². The van der Waals surface area contributed by atoms with Gasteiger partial charge < -0.3 is 15.6 Å². The van der Waals surface area contributed by atoms with Crippen molar-refractivity contribution in [1.82, 2.24) is 4.90 Å². The van der Waals surface area contributed by atoms with E-state index in [0.29, 0.717) is 12.5 Å². The Bertz CT molecular complexity index is 159. The van der Waals surface area contributed by atoms with Crippen molar-refractivity contribution < 1.29 is 9.84 Å². The molecule has 1 aliphatic heterocycles.